The summed E-state index contributed by atoms with van der Waals surface area (Å²) in [6.45, 7) is 1.95. The van der Waals surface area contributed by atoms with E-state index < -0.39 is 0 Å². The van der Waals surface area contributed by atoms with Crippen LogP contribution in [0.4, 0.5) is 5.69 Å². The average molecular weight is 226 g/mol. The van der Waals surface area contributed by atoms with Crippen molar-refractivity contribution in [3.8, 4) is 5.75 Å². The maximum absolute atomic E-state index is 11.3. The number of halogens is 1. The molecule has 1 N–H and O–H groups in total. The number of nitrogens with one attached hydrogen (secondary N) is 1. The van der Waals surface area contributed by atoms with Crippen molar-refractivity contribution in [2.24, 2.45) is 0 Å². The molecule has 1 aromatic rings. The summed E-state index contributed by atoms with van der Waals surface area (Å²) in [5, 5.41) is 3.28. The molecule has 3 nitrogen and oxygen atoms in total. The Morgan fingerprint density at radius 2 is 2.20 bits per heavy atom. The monoisotopic (exact) mass is 225 g/mol. The van der Waals surface area contributed by atoms with Crippen LogP contribution in [0.25, 0.3) is 0 Å². The maximum Gasteiger partial charge on any atom is 0.224 e. The molecule has 0 radical (unpaired) electrons. The summed E-state index contributed by atoms with van der Waals surface area (Å²) in [4.78, 5) is 11.3. The van der Waals surface area contributed by atoms with Crippen LogP contribution in [-0.4, -0.2) is 13.0 Å². The molecule has 15 heavy (non-hydrogen) atoms. The average Bonchev–Trinajstić information content (AvgIpc) is 2.20. The summed E-state index contributed by atoms with van der Waals surface area (Å²) in [6, 6.07) is 2.01. The molecule has 0 spiro atoms. The Kier molecular flexibility index (Phi) is 2.57. The topological polar surface area (TPSA) is 38.3 Å². The van der Waals surface area contributed by atoms with Crippen molar-refractivity contribution in [3.05, 3.63) is 22.2 Å². The van der Waals surface area contributed by atoms with Gasteiger partial charge in [-0.3, -0.25) is 4.79 Å². The highest BCUT2D eigenvalue weighted by atomic mass is 35.5. The Labute approximate surface area is 93.4 Å². The normalized spacial score (nSPS) is 14.5. The number of aryl methyl sites for hydroxylation is 2. The number of hydrogen-bond donors (Lipinski definition) is 1. The van der Waals surface area contributed by atoms with E-state index in [-0.39, 0.29) is 5.91 Å². The lowest BCUT2D eigenvalue weighted by Gasteiger charge is -2.20. The molecule has 1 aliphatic rings. The second-order valence-corrected chi connectivity index (χ2v) is 4.00. The van der Waals surface area contributed by atoms with Crippen LogP contribution in [-0.2, 0) is 11.2 Å². The molecule has 0 saturated carbocycles. The summed E-state index contributed by atoms with van der Waals surface area (Å²) in [5.41, 5.74) is 2.78. The predicted octanol–water partition coefficient (Wildman–Crippen LogP) is 2.54. The molecule has 0 unspecified atom stereocenters. The smallest absolute Gasteiger partial charge is 0.224 e. The molecule has 4 heteroatoms. The van der Waals surface area contributed by atoms with E-state index in [4.69, 9.17) is 16.3 Å². The van der Waals surface area contributed by atoms with Crippen LogP contribution in [0.5, 0.6) is 5.75 Å². The number of carbonyl (C=O) groups is 1. The first kappa shape index (κ1) is 10.3. The van der Waals surface area contributed by atoms with Crippen LogP contribution < -0.4 is 10.1 Å². The van der Waals surface area contributed by atoms with Crippen molar-refractivity contribution in [3.63, 3.8) is 0 Å². The number of rotatable bonds is 1. The van der Waals surface area contributed by atoms with Gasteiger partial charge in [0, 0.05) is 6.42 Å². The van der Waals surface area contributed by atoms with Crippen molar-refractivity contribution in [1.82, 2.24) is 0 Å². The first-order valence-electron chi connectivity index (χ1n) is 4.79. The fraction of sp³-hybridized carbons (Fsp3) is 0.364. The van der Waals surface area contributed by atoms with Crippen LogP contribution >= 0.6 is 11.6 Å². The maximum atomic E-state index is 11.3. The Hall–Kier alpha value is -1.22. The molecule has 0 saturated heterocycles. The second kappa shape index (κ2) is 3.74. The number of amides is 1. The first-order chi connectivity index (χ1) is 7.13. The highest BCUT2D eigenvalue weighted by Gasteiger charge is 2.21. The van der Waals surface area contributed by atoms with Gasteiger partial charge in [0.2, 0.25) is 5.91 Å². The lowest BCUT2D eigenvalue weighted by molar-refractivity contribution is -0.116. The van der Waals surface area contributed by atoms with E-state index >= 15 is 0 Å². The fourth-order valence-electron chi connectivity index (χ4n) is 1.86. The lowest BCUT2D eigenvalue weighted by atomic mass is 10.00. The van der Waals surface area contributed by atoms with Gasteiger partial charge in [-0.25, -0.2) is 0 Å². The predicted molar refractivity (Wildman–Crippen MR) is 59.7 cm³/mol. The Bertz CT molecular complexity index is 429. The third-order valence-corrected chi connectivity index (χ3v) is 2.94. The van der Waals surface area contributed by atoms with Crippen LogP contribution in [0, 0.1) is 6.92 Å². The summed E-state index contributed by atoms with van der Waals surface area (Å²) < 4.78 is 5.19. The van der Waals surface area contributed by atoms with Gasteiger partial charge in [-0.2, -0.15) is 0 Å². The number of fused-ring (bicyclic) bond motifs is 1. The molecule has 0 aromatic heterocycles. The number of benzene rings is 1. The van der Waals surface area contributed by atoms with Crippen molar-refractivity contribution in [2.75, 3.05) is 12.4 Å². The highest BCUT2D eigenvalue weighted by molar-refractivity contribution is 6.35. The van der Waals surface area contributed by atoms with Gasteiger partial charge < -0.3 is 10.1 Å². The van der Waals surface area contributed by atoms with Crippen LogP contribution in [0.15, 0.2) is 6.07 Å². The van der Waals surface area contributed by atoms with Crippen molar-refractivity contribution >= 4 is 23.2 Å². The van der Waals surface area contributed by atoms with Crippen LogP contribution in [0.2, 0.25) is 5.02 Å². The molecule has 0 atom stereocenters. The van der Waals surface area contributed by atoms with E-state index in [9.17, 15) is 4.79 Å². The second-order valence-electron chi connectivity index (χ2n) is 3.62. The lowest BCUT2D eigenvalue weighted by Crippen LogP contribution is -2.19. The molecule has 1 amide bonds. The van der Waals surface area contributed by atoms with E-state index in [2.05, 4.69) is 5.32 Å². The fourth-order valence-corrected chi connectivity index (χ4v) is 2.25. The SMILES string of the molecule is COc1c(C)cc2c(c1Cl)NC(=O)CC2. The zero-order chi connectivity index (χ0) is 11.0. The van der Waals surface area contributed by atoms with E-state index in [1.165, 1.54) is 0 Å². The van der Waals surface area contributed by atoms with Crippen molar-refractivity contribution in [1.29, 1.82) is 0 Å². The van der Waals surface area contributed by atoms with Crippen LogP contribution in [0.3, 0.4) is 0 Å². The van der Waals surface area contributed by atoms with Crippen molar-refractivity contribution in [2.45, 2.75) is 19.8 Å². The van der Waals surface area contributed by atoms with Gasteiger partial charge in [-0.05, 0) is 24.5 Å². The molecule has 1 aliphatic heterocycles. The highest BCUT2D eigenvalue weighted by Crippen LogP contribution is 2.39. The summed E-state index contributed by atoms with van der Waals surface area (Å²) >= 11 is 6.16. The minimum Gasteiger partial charge on any atom is -0.495 e. The number of hydrogen-bond acceptors (Lipinski definition) is 2. The summed E-state index contributed by atoms with van der Waals surface area (Å²) in [5.74, 6) is 0.646. The van der Waals surface area contributed by atoms with E-state index in [1.807, 2.05) is 13.0 Å². The molecular weight excluding hydrogens is 214 g/mol. The molecule has 0 aliphatic carbocycles. The van der Waals surface area contributed by atoms with Gasteiger partial charge >= 0.3 is 0 Å². The van der Waals surface area contributed by atoms with Gasteiger partial charge in [0.15, 0.2) is 0 Å². The largest absolute Gasteiger partial charge is 0.495 e. The minimum atomic E-state index is 0.00954. The number of carbonyl (C=O) groups excluding carboxylic acids is 1. The van der Waals surface area contributed by atoms with Gasteiger partial charge in [-0.1, -0.05) is 17.7 Å². The Morgan fingerprint density at radius 1 is 1.47 bits per heavy atom. The molecular formula is C11H12ClNO2. The molecule has 0 bridgehead atoms. The molecule has 2 rings (SSSR count). The molecule has 1 heterocycles. The molecule has 80 valence electrons. The van der Waals surface area contributed by atoms with Gasteiger partial charge in [-0.15, -0.1) is 0 Å². The standard InChI is InChI=1S/C11H12ClNO2/c1-6-5-7-3-4-8(14)13-10(7)9(12)11(6)15-2/h5H,3-4H2,1-2H3,(H,13,14). The quantitative estimate of drug-likeness (QED) is 0.798. The van der Waals surface area contributed by atoms with Gasteiger partial charge in [0.05, 0.1) is 12.8 Å². The van der Waals surface area contributed by atoms with E-state index in [0.29, 0.717) is 22.9 Å². The third kappa shape index (κ3) is 1.67. The van der Waals surface area contributed by atoms with Gasteiger partial charge in [0.1, 0.15) is 10.8 Å². The minimum absolute atomic E-state index is 0.00954. The van der Waals surface area contributed by atoms with Crippen LogP contribution in [0.1, 0.15) is 17.5 Å². The van der Waals surface area contributed by atoms with E-state index in [0.717, 1.165) is 17.5 Å². The van der Waals surface area contributed by atoms with E-state index in [1.54, 1.807) is 7.11 Å². The molecule has 1 aromatic carbocycles. The number of ether oxygens (including phenoxy) is 1. The zero-order valence-electron chi connectivity index (χ0n) is 8.69. The number of anilines is 1. The van der Waals surface area contributed by atoms with Gasteiger partial charge in [0.25, 0.3) is 0 Å². The summed E-state index contributed by atoms with van der Waals surface area (Å²) in [7, 11) is 1.57. The van der Waals surface area contributed by atoms with Crippen molar-refractivity contribution < 1.29 is 9.53 Å². The first-order valence-corrected chi connectivity index (χ1v) is 5.17. The third-order valence-electron chi connectivity index (χ3n) is 2.58. The summed E-state index contributed by atoms with van der Waals surface area (Å²) in [6.07, 6.45) is 1.26. The molecule has 0 fully saturated rings. The Balaban J connectivity index is 2.58. The number of methoxy groups -OCH3 is 1. The zero-order valence-corrected chi connectivity index (χ0v) is 9.44. The Morgan fingerprint density at radius 3 is 2.87 bits per heavy atom.